The molecule has 1 rings (SSSR count). The largest absolute Gasteiger partial charge is 0.480 e. The van der Waals surface area contributed by atoms with Gasteiger partial charge >= 0.3 is 24.0 Å². The number of carbonyl (C=O) groups excluding carboxylic acids is 1. The maximum absolute atomic E-state index is 12.7. The first-order valence-corrected chi connectivity index (χ1v) is 5.34. The Bertz CT molecular complexity index is 549. The van der Waals surface area contributed by atoms with E-state index in [0.717, 1.165) is 25.3 Å². The average Bonchev–Trinajstić information content (AvgIpc) is 2.43. The number of nitro groups is 1. The second-order valence-electron chi connectivity index (χ2n) is 3.78. The molecular formula is C11H9F4NO5. The molecule has 0 bridgehead atoms. The third kappa shape index (κ3) is 4.04. The van der Waals surface area contributed by atoms with Gasteiger partial charge in [-0.2, -0.15) is 8.78 Å². The van der Waals surface area contributed by atoms with Crippen molar-refractivity contribution in [3.8, 4) is 5.75 Å². The van der Waals surface area contributed by atoms with E-state index in [0.29, 0.717) is 0 Å². The van der Waals surface area contributed by atoms with Gasteiger partial charge in [-0.25, -0.2) is 13.6 Å². The number of ether oxygens (including phenoxy) is 2. The quantitative estimate of drug-likeness (QED) is 0.349. The summed E-state index contributed by atoms with van der Waals surface area (Å²) in [6.45, 7) is -1.73. The number of methoxy groups -OCH3 is 1. The van der Waals surface area contributed by atoms with Crippen LogP contribution in [0.3, 0.4) is 0 Å². The van der Waals surface area contributed by atoms with Gasteiger partial charge in [-0.15, -0.1) is 0 Å². The van der Waals surface area contributed by atoms with E-state index < -0.39 is 41.3 Å². The molecule has 0 fully saturated rings. The Morgan fingerprint density at radius 3 is 2.52 bits per heavy atom. The summed E-state index contributed by atoms with van der Waals surface area (Å²) in [7, 11) is 1.04. The van der Waals surface area contributed by atoms with Gasteiger partial charge in [-0.05, 0) is 12.1 Å². The Labute approximate surface area is 115 Å². The minimum absolute atomic E-state index is 0.211. The Morgan fingerprint density at radius 2 is 2.05 bits per heavy atom. The highest BCUT2D eigenvalue weighted by Crippen LogP contribution is 2.31. The van der Waals surface area contributed by atoms with Gasteiger partial charge in [0, 0.05) is 6.07 Å². The summed E-state index contributed by atoms with van der Waals surface area (Å²) in [5.74, 6) is -6.00. The summed E-state index contributed by atoms with van der Waals surface area (Å²) >= 11 is 0. The number of alkyl halides is 4. The molecule has 0 aliphatic rings. The number of halogens is 4. The van der Waals surface area contributed by atoms with Crippen LogP contribution in [-0.4, -0.2) is 37.0 Å². The van der Waals surface area contributed by atoms with Gasteiger partial charge in [0.1, 0.15) is 0 Å². The number of carbonyl (C=O) groups is 1. The lowest BCUT2D eigenvalue weighted by Crippen LogP contribution is -2.33. The Kier molecular flexibility index (Phi) is 5.06. The molecule has 0 saturated carbocycles. The van der Waals surface area contributed by atoms with Crippen LogP contribution in [0, 0.1) is 10.1 Å². The minimum Gasteiger partial charge on any atom is -0.480 e. The molecule has 0 amide bonds. The number of benzene rings is 1. The molecule has 0 aliphatic carbocycles. The van der Waals surface area contributed by atoms with Crippen LogP contribution in [0.1, 0.15) is 10.4 Å². The lowest BCUT2D eigenvalue weighted by Gasteiger charge is -2.16. The fourth-order valence-electron chi connectivity index (χ4n) is 1.26. The molecule has 0 saturated heterocycles. The number of nitro benzene ring substituents is 1. The summed E-state index contributed by atoms with van der Waals surface area (Å²) in [6, 6.07) is 2.61. The molecule has 6 nitrogen and oxygen atoms in total. The highest BCUT2D eigenvalue weighted by molar-refractivity contribution is 5.90. The van der Waals surface area contributed by atoms with Crippen LogP contribution in [0.2, 0.25) is 0 Å². The Hall–Kier alpha value is -2.39. The number of hydrogen-bond acceptors (Lipinski definition) is 5. The molecular weight excluding hydrogens is 302 g/mol. The number of hydrogen-bond donors (Lipinski definition) is 0. The fourth-order valence-corrected chi connectivity index (χ4v) is 1.26. The Morgan fingerprint density at radius 1 is 1.43 bits per heavy atom. The summed E-state index contributed by atoms with van der Waals surface area (Å²) in [6.07, 6.45) is -3.97. The molecule has 0 atom stereocenters. The van der Waals surface area contributed by atoms with Gasteiger partial charge < -0.3 is 9.47 Å². The van der Waals surface area contributed by atoms with Crippen molar-refractivity contribution in [2.24, 2.45) is 0 Å². The first kappa shape index (κ1) is 16.7. The van der Waals surface area contributed by atoms with Crippen LogP contribution in [0.15, 0.2) is 18.2 Å². The highest BCUT2D eigenvalue weighted by Gasteiger charge is 2.42. The maximum Gasteiger partial charge on any atom is 0.340 e. The molecule has 116 valence electrons. The molecule has 1 aromatic carbocycles. The summed E-state index contributed by atoms with van der Waals surface area (Å²) in [4.78, 5) is 21.0. The van der Waals surface area contributed by atoms with Crippen LogP contribution in [0.25, 0.3) is 0 Å². The predicted octanol–water partition coefficient (Wildman–Crippen LogP) is 2.66. The molecule has 0 heterocycles. The van der Waals surface area contributed by atoms with E-state index in [1.165, 1.54) is 0 Å². The normalized spacial score (nSPS) is 11.3. The summed E-state index contributed by atoms with van der Waals surface area (Å²) in [5, 5.41) is 10.8. The fraction of sp³-hybridized carbons (Fsp3) is 0.364. The van der Waals surface area contributed by atoms with Crippen molar-refractivity contribution in [1.82, 2.24) is 0 Å². The van der Waals surface area contributed by atoms with Crippen LogP contribution in [0.5, 0.6) is 5.75 Å². The third-order valence-corrected chi connectivity index (χ3v) is 2.32. The second kappa shape index (κ2) is 6.37. The summed E-state index contributed by atoms with van der Waals surface area (Å²) in [5.41, 5.74) is -1.03. The first-order valence-electron chi connectivity index (χ1n) is 5.34. The number of rotatable bonds is 6. The molecule has 21 heavy (non-hydrogen) atoms. The monoisotopic (exact) mass is 311 g/mol. The van der Waals surface area contributed by atoms with E-state index in [-0.39, 0.29) is 5.56 Å². The van der Waals surface area contributed by atoms with E-state index in [1.807, 2.05) is 0 Å². The molecule has 0 N–H and O–H groups in total. The van der Waals surface area contributed by atoms with Crippen molar-refractivity contribution in [3.63, 3.8) is 0 Å². The average molecular weight is 311 g/mol. The molecule has 0 radical (unpaired) electrons. The van der Waals surface area contributed by atoms with Crippen molar-refractivity contribution in [2.45, 2.75) is 12.3 Å². The van der Waals surface area contributed by atoms with Crippen molar-refractivity contribution in [1.29, 1.82) is 0 Å². The standard InChI is InChI=1S/C11H9F4NO5/c1-20-9(17)6-2-3-8(7(4-6)16(18)19)21-5-11(14,15)10(12)13/h2-4,10H,5H2,1H3. The zero-order valence-electron chi connectivity index (χ0n) is 10.5. The van der Waals surface area contributed by atoms with Crippen LogP contribution >= 0.6 is 0 Å². The van der Waals surface area contributed by atoms with Gasteiger partial charge in [0.25, 0.3) is 0 Å². The van der Waals surface area contributed by atoms with E-state index >= 15 is 0 Å². The van der Waals surface area contributed by atoms with Crippen LogP contribution in [0.4, 0.5) is 23.2 Å². The van der Waals surface area contributed by atoms with Crippen LogP contribution < -0.4 is 4.74 Å². The van der Waals surface area contributed by atoms with Gasteiger partial charge in [-0.3, -0.25) is 10.1 Å². The van der Waals surface area contributed by atoms with Crippen molar-refractivity contribution in [2.75, 3.05) is 13.7 Å². The van der Waals surface area contributed by atoms with Crippen molar-refractivity contribution in [3.05, 3.63) is 33.9 Å². The highest BCUT2D eigenvalue weighted by atomic mass is 19.3. The Balaban J connectivity index is 3.03. The van der Waals surface area contributed by atoms with E-state index in [4.69, 9.17) is 0 Å². The first-order chi connectivity index (χ1) is 9.69. The van der Waals surface area contributed by atoms with Gasteiger partial charge in [0.2, 0.25) is 0 Å². The second-order valence-corrected chi connectivity index (χ2v) is 3.78. The zero-order valence-corrected chi connectivity index (χ0v) is 10.5. The SMILES string of the molecule is COC(=O)c1ccc(OCC(F)(F)C(F)F)c([N+](=O)[O-])c1. The summed E-state index contributed by atoms with van der Waals surface area (Å²) < 4.78 is 58.1. The van der Waals surface area contributed by atoms with E-state index in [1.54, 1.807) is 0 Å². The number of esters is 1. The molecule has 0 unspecified atom stereocenters. The van der Waals surface area contributed by atoms with E-state index in [2.05, 4.69) is 9.47 Å². The van der Waals surface area contributed by atoms with Crippen LogP contribution in [-0.2, 0) is 4.74 Å². The van der Waals surface area contributed by atoms with Crippen molar-refractivity contribution >= 4 is 11.7 Å². The maximum atomic E-state index is 12.7. The van der Waals surface area contributed by atoms with Gasteiger partial charge in [-0.1, -0.05) is 0 Å². The number of nitrogens with zero attached hydrogens (tertiary/aromatic N) is 1. The molecule has 0 aliphatic heterocycles. The molecule has 0 spiro atoms. The lowest BCUT2D eigenvalue weighted by atomic mass is 10.2. The van der Waals surface area contributed by atoms with Gasteiger partial charge in [0.15, 0.2) is 12.4 Å². The molecule has 0 aromatic heterocycles. The topological polar surface area (TPSA) is 78.7 Å². The predicted molar refractivity (Wildman–Crippen MR) is 60.9 cm³/mol. The zero-order chi connectivity index (χ0) is 16.2. The minimum atomic E-state index is -4.45. The van der Waals surface area contributed by atoms with Gasteiger partial charge in [0.05, 0.1) is 17.6 Å². The van der Waals surface area contributed by atoms with E-state index in [9.17, 15) is 32.5 Å². The van der Waals surface area contributed by atoms with Crippen molar-refractivity contribution < 1.29 is 36.8 Å². The molecule has 10 heteroatoms. The third-order valence-electron chi connectivity index (χ3n) is 2.32. The lowest BCUT2D eigenvalue weighted by molar-refractivity contribution is -0.386. The smallest absolute Gasteiger partial charge is 0.340 e. The molecule has 1 aromatic rings.